The fourth-order valence-corrected chi connectivity index (χ4v) is 3.46. The number of fused-ring (bicyclic) bond motifs is 2. The Morgan fingerprint density at radius 2 is 2.29 bits per heavy atom. The minimum atomic E-state index is -0.194. The summed E-state index contributed by atoms with van der Waals surface area (Å²) < 4.78 is 14.2. The van der Waals surface area contributed by atoms with Crippen LogP contribution in [0.25, 0.3) is 0 Å². The van der Waals surface area contributed by atoms with Gasteiger partial charge in [-0.2, -0.15) is 5.10 Å². The summed E-state index contributed by atoms with van der Waals surface area (Å²) in [6, 6.07) is 7.56. The number of hydrogen-bond acceptors (Lipinski definition) is 4. The predicted octanol–water partition coefficient (Wildman–Crippen LogP) is 2.55. The highest BCUT2D eigenvalue weighted by atomic mass is 79.9. The van der Waals surface area contributed by atoms with Crippen LogP contribution in [0.4, 0.5) is 0 Å². The van der Waals surface area contributed by atoms with Crippen LogP contribution >= 0.6 is 15.9 Å². The summed E-state index contributed by atoms with van der Waals surface area (Å²) in [6.07, 6.45) is 1.80. The van der Waals surface area contributed by atoms with Crippen LogP contribution in [-0.4, -0.2) is 34.4 Å². The van der Waals surface area contributed by atoms with Crippen LogP contribution in [0, 0.1) is 0 Å². The maximum atomic E-state index is 12.5. The van der Waals surface area contributed by atoms with Crippen LogP contribution in [0.1, 0.15) is 29.4 Å². The number of aromatic nitrogens is 2. The Bertz CT molecular complexity index is 789. The molecule has 2 aromatic rings. The normalized spacial score (nSPS) is 21.9. The molecule has 0 saturated heterocycles. The molecular formula is C17H18BrN3O3. The average Bonchev–Trinajstić information content (AvgIpc) is 2.97. The van der Waals surface area contributed by atoms with Gasteiger partial charge in [0.15, 0.2) is 5.69 Å². The van der Waals surface area contributed by atoms with E-state index in [1.807, 2.05) is 25.1 Å². The van der Waals surface area contributed by atoms with E-state index >= 15 is 0 Å². The molecule has 2 aliphatic heterocycles. The van der Waals surface area contributed by atoms with E-state index in [4.69, 9.17) is 9.47 Å². The highest BCUT2D eigenvalue weighted by molar-refractivity contribution is 9.10. The Balaban J connectivity index is 1.45. The van der Waals surface area contributed by atoms with Gasteiger partial charge in [0.1, 0.15) is 12.4 Å². The molecule has 0 bridgehead atoms. The maximum Gasteiger partial charge on any atom is 0.272 e. The van der Waals surface area contributed by atoms with Crippen molar-refractivity contribution in [2.24, 2.45) is 0 Å². The van der Waals surface area contributed by atoms with Gasteiger partial charge >= 0.3 is 0 Å². The number of carbonyl (C=O) groups excluding carboxylic acids is 1. The summed E-state index contributed by atoms with van der Waals surface area (Å²) in [6.45, 7) is 3.25. The first-order valence-corrected chi connectivity index (χ1v) is 8.84. The Hall–Kier alpha value is -2.02. The molecule has 1 unspecified atom stereocenters. The molecule has 1 N–H and O–H groups in total. The molecule has 126 valence electrons. The monoisotopic (exact) mass is 391 g/mol. The van der Waals surface area contributed by atoms with Crippen LogP contribution in [0.3, 0.4) is 0 Å². The third kappa shape index (κ3) is 3.00. The molecule has 0 radical (unpaired) electrons. The van der Waals surface area contributed by atoms with Crippen molar-refractivity contribution in [3.05, 3.63) is 40.0 Å². The van der Waals surface area contributed by atoms with Crippen LogP contribution in [0.15, 0.2) is 28.7 Å². The standard InChI is InChI=1S/C17H18BrN3O3/c1-10-4-5-21-16(24-10)8-14(20-21)17(22)19-13-7-11-6-12(18)2-3-15(11)23-9-13/h2-3,6,8,10,13H,4-5,7,9H2,1H3,(H,19,22)/t10-,13?/m1/s1. The minimum Gasteiger partial charge on any atom is -0.491 e. The molecular weight excluding hydrogens is 374 g/mol. The molecule has 6 nitrogen and oxygen atoms in total. The summed E-state index contributed by atoms with van der Waals surface area (Å²) in [5, 5.41) is 7.35. The molecule has 7 heteroatoms. The first-order chi connectivity index (χ1) is 11.6. The molecule has 1 amide bonds. The molecule has 0 saturated carbocycles. The van der Waals surface area contributed by atoms with Crippen LogP contribution < -0.4 is 14.8 Å². The van der Waals surface area contributed by atoms with E-state index < -0.39 is 0 Å². The fraction of sp³-hybridized carbons (Fsp3) is 0.412. The molecule has 4 rings (SSSR count). The summed E-state index contributed by atoms with van der Waals surface area (Å²) in [4.78, 5) is 12.5. The molecule has 0 aliphatic carbocycles. The van der Waals surface area contributed by atoms with Gasteiger partial charge in [-0.1, -0.05) is 15.9 Å². The van der Waals surface area contributed by atoms with E-state index in [1.165, 1.54) is 0 Å². The third-order valence-corrected chi connectivity index (χ3v) is 4.80. The Labute approximate surface area is 148 Å². The molecule has 1 aromatic carbocycles. The lowest BCUT2D eigenvalue weighted by Crippen LogP contribution is -2.42. The van der Waals surface area contributed by atoms with Gasteiger partial charge in [-0.15, -0.1) is 0 Å². The van der Waals surface area contributed by atoms with Gasteiger partial charge in [0.05, 0.1) is 12.1 Å². The molecule has 2 aliphatic rings. The van der Waals surface area contributed by atoms with E-state index in [-0.39, 0.29) is 18.1 Å². The van der Waals surface area contributed by atoms with Crippen molar-refractivity contribution in [2.45, 2.75) is 38.5 Å². The van der Waals surface area contributed by atoms with E-state index in [2.05, 4.69) is 26.3 Å². The van der Waals surface area contributed by atoms with Gasteiger partial charge in [-0.3, -0.25) is 4.79 Å². The maximum absolute atomic E-state index is 12.5. The zero-order chi connectivity index (χ0) is 16.7. The quantitative estimate of drug-likeness (QED) is 0.853. The number of aryl methyl sites for hydroxylation is 1. The fourth-order valence-electron chi connectivity index (χ4n) is 3.05. The Kier molecular flexibility index (Phi) is 3.96. The van der Waals surface area contributed by atoms with Gasteiger partial charge in [0, 0.05) is 23.5 Å². The van der Waals surface area contributed by atoms with E-state index in [9.17, 15) is 4.79 Å². The number of nitrogens with zero attached hydrogens (tertiary/aromatic N) is 2. The number of carbonyl (C=O) groups is 1. The second-order valence-electron chi connectivity index (χ2n) is 6.25. The molecule has 3 heterocycles. The SMILES string of the molecule is C[C@@H]1CCn2nc(C(=O)NC3COc4ccc(Br)cc4C3)cc2O1. The summed E-state index contributed by atoms with van der Waals surface area (Å²) >= 11 is 3.47. The lowest BCUT2D eigenvalue weighted by Gasteiger charge is -2.26. The Morgan fingerprint density at radius 1 is 1.42 bits per heavy atom. The first-order valence-electron chi connectivity index (χ1n) is 8.05. The summed E-state index contributed by atoms with van der Waals surface area (Å²) in [5.41, 5.74) is 1.47. The number of hydrogen-bond donors (Lipinski definition) is 1. The number of halogens is 1. The second kappa shape index (κ2) is 6.12. The number of amides is 1. The Morgan fingerprint density at radius 3 is 3.17 bits per heavy atom. The highest BCUT2D eigenvalue weighted by Crippen LogP contribution is 2.28. The predicted molar refractivity (Wildman–Crippen MR) is 91.5 cm³/mol. The summed E-state index contributed by atoms with van der Waals surface area (Å²) in [5.74, 6) is 1.34. The number of benzene rings is 1. The summed E-state index contributed by atoms with van der Waals surface area (Å²) in [7, 11) is 0. The topological polar surface area (TPSA) is 65.4 Å². The van der Waals surface area contributed by atoms with Crippen molar-refractivity contribution < 1.29 is 14.3 Å². The van der Waals surface area contributed by atoms with Gasteiger partial charge < -0.3 is 14.8 Å². The largest absolute Gasteiger partial charge is 0.491 e. The van der Waals surface area contributed by atoms with Crippen molar-refractivity contribution in [3.63, 3.8) is 0 Å². The molecule has 24 heavy (non-hydrogen) atoms. The first kappa shape index (κ1) is 15.5. The van der Waals surface area contributed by atoms with Crippen LogP contribution in [0.5, 0.6) is 11.6 Å². The van der Waals surface area contributed by atoms with Crippen molar-refractivity contribution in [1.82, 2.24) is 15.1 Å². The number of nitrogens with one attached hydrogen (secondary N) is 1. The van der Waals surface area contributed by atoms with Crippen molar-refractivity contribution in [3.8, 4) is 11.6 Å². The van der Waals surface area contributed by atoms with Gasteiger partial charge in [-0.05, 0) is 37.1 Å². The van der Waals surface area contributed by atoms with Gasteiger partial charge in [0.25, 0.3) is 5.91 Å². The minimum absolute atomic E-state index is 0.0714. The molecule has 0 spiro atoms. The molecule has 1 aromatic heterocycles. The van der Waals surface area contributed by atoms with Crippen LogP contribution in [-0.2, 0) is 13.0 Å². The molecule has 0 fully saturated rings. The van der Waals surface area contributed by atoms with Gasteiger partial charge in [-0.25, -0.2) is 4.68 Å². The van der Waals surface area contributed by atoms with E-state index in [1.54, 1.807) is 10.7 Å². The van der Waals surface area contributed by atoms with Crippen molar-refractivity contribution >= 4 is 21.8 Å². The lowest BCUT2D eigenvalue weighted by atomic mass is 10.0. The van der Waals surface area contributed by atoms with E-state index in [0.717, 1.165) is 35.2 Å². The van der Waals surface area contributed by atoms with Crippen LogP contribution in [0.2, 0.25) is 0 Å². The smallest absolute Gasteiger partial charge is 0.272 e. The zero-order valence-corrected chi connectivity index (χ0v) is 14.9. The highest BCUT2D eigenvalue weighted by Gasteiger charge is 2.25. The lowest BCUT2D eigenvalue weighted by molar-refractivity contribution is 0.0909. The average molecular weight is 392 g/mol. The third-order valence-electron chi connectivity index (χ3n) is 4.31. The van der Waals surface area contributed by atoms with Crippen molar-refractivity contribution in [1.29, 1.82) is 0 Å². The number of ether oxygens (including phenoxy) is 2. The molecule has 2 atom stereocenters. The zero-order valence-electron chi connectivity index (χ0n) is 13.3. The van der Waals surface area contributed by atoms with Crippen molar-refractivity contribution in [2.75, 3.05) is 6.61 Å². The number of rotatable bonds is 2. The van der Waals surface area contributed by atoms with E-state index in [0.29, 0.717) is 18.2 Å². The van der Waals surface area contributed by atoms with Gasteiger partial charge in [0.2, 0.25) is 5.88 Å². The second-order valence-corrected chi connectivity index (χ2v) is 7.16.